The van der Waals surface area contributed by atoms with Gasteiger partial charge in [0.15, 0.2) is 0 Å². The fourth-order valence-corrected chi connectivity index (χ4v) is 2.94. The van der Waals surface area contributed by atoms with Crippen LogP contribution in [0.1, 0.15) is 23.1 Å². The molecule has 116 valence electrons. The molecule has 2 heterocycles. The lowest BCUT2D eigenvalue weighted by molar-refractivity contribution is -0.141. The molecule has 0 aliphatic carbocycles. The number of benzene rings is 1. The first-order valence-electron chi connectivity index (χ1n) is 7.43. The van der Waals surface area contributed by atoms with E-state index in [4.69, 9.17) is 9.52 Å². The van der Waals surface area contributed by atoms with Gasteiger partial charge in [-0.3, -0.25) is 9.59 Å². The highest BCUT2D eigenvalue weighted by Gasteiger charge is 2.31. The van der Waals surface area contributed by atoms with Crippen molar-refractivity contribution in [3.05, 3.63) is 35.1 Å². The van der Waals surface area contributed by atoms with Crippen molar-refractivity contribution in [2.75, 3.05) is 13.1 Å². The van der Waals surface area contributed by atoms with Crippen molar-refractivity contribution in [3.8, 4) is 0 Å². The predicted octanol–water partition coefficient (Wildman–Crippen LogP) is 2.53. The Morgan fingerprint density at radius 2 is 2.05 bits per heavy atom. The Balaban J connectivity index is 1.77. The third-order valence-electron chi connectivity index (χ3n) is 4.50. The van der Waals surface area contributed by atoms with Crippen molar-refractivity contribution >= 4 is 22.8 Å². The number of amides is 1. The van der Waals surface area contributed by atoms with Crippen LogP contribution in [0.4, 0.5) is 0 Å². The van der Waals surface area contributed by atoms with Crippen LogP contribution < -0.4 is 0 Å². The van der Waals surface area contributed by atoms with Gasteiger partial charge in [0.2, 0.25) is 5.91 Å². The summed E-state index contributed by atoms with van der Waals surface area (Å²) < 4.78 is 5.54. The van der Waals surface area contributed by atoms with Gasteiger partial charge in [-0.2, -0.15) is 0 Å². The largest absolute Gasteiger partial charge is 0.481 e. The zero-order chi connectivity index (χ0) is 15.9. The van der Waals surface area contributed by atoms with E-state index in [1.165, 1.54) is 0 Å². The van der Waals surface area contributed by atoms with Gasteiger partial charge in [-0.05, 0) is 43.5 Å². The number of rotatable bonds is 3. The second-order valence-corrected chi connectivity index (χ2v) is 6.03. The lowest BCUT2D eigenvalue weighted by Crippen LogP contribution is -2.31. The normalized spacial score (nSPS) is 18.1. The Kier molecular flexibility index (Phi) is 3.64. The molecule has 1 unspecified atom stereocenters. The van der Waals surface area contributed by atoms with E-state index < -0.39 is 11.9 Å². The second kappa shape index (κ2) is 5.48. The molecule has 0 bridgehead atoms. The van der Waals surface area contributed by atoms with E-state index >= 15 is 0 Å². The quantitative estimate of drug-likeness (QED) is 0.945. The number of hydrogen-bond donors (Lipinski definition) is 1. The highest BCUT2D eigenvalue weighted by Crippen LogP contribution is 2.26. The number of hydrogen-bond acceptors (Lipinski definition) is 3. The Bertz CT molecular complexity index is 746. The van der Waals surface area contributed by atoms with Crippen LogP contribution in [0.15, 0.2) is 22.8 Å². The summed E-state index contributed by atoms with van der Waals surface area (Å²) in [6.07, 6.45) is 2.42. The number of nitrogens with zero attached hydrogens (tertiary/aromatic N) is 1. The van der Waals surface area contributed by atoms with E-state index in [0.29, 0.717) is 19.5 Å². The van der Waals surface area contributed by atoms with Crippen LogP contribution in [0.5, 0.6) is 0 Å². The lowest BCUT2D eigenvalue weighted by atomic mass is 10.0. The Hall–Kier alpha value is -2.30. The smallest absolute Gasteiger partial charge is 0.308 e. The number of aryl methyl sites for hydroxylation is 2. The first kappa shape index (κ1) is 14.6. The number of furan rings is 1. The summed E-state index contributed by atoms with van der Waals surface area (Å²) in [4.78, 5) is 25.0. The maximum Gasteiger partial charge on any atom is 0.308 e. The van der Waals surface area contributed by atoms with Crippen molar-refractivity contribution in [1.29, 1.82) is 0 Å². The van der Waals surface area contributed by atoms with Gasteiger partial charge in [0.1, 0.15) is 5.58 Å². The van der Waals surface area contributed by atoms with Crippen molar-refractivity contribution in [2.45, 2.75) is 26.7 Å². The molecular formula is C17H19NO4. The molecule has 0 spiro atoms. The molecule has 2 aromatic rings. The predicted molar refractivity (Wildman–Crippen MR) is 81.7 cm³/mol. The molecule has 1 amide bonds. The fraction of sp³-hybridized carbons (Fsp3) is 0.412. The molecule has 1 N–H and O–H groups in total. The number of likely N-dealkylation sites (tertiary alicyclic amines) is 1. The van der Waals surface area contributed by atoms with Gasteiger partial charge in [-0.15, -0.1) is 0 Å². The molecular weight excluding hydrogens is 282 g/mol. The molecule has 1 aromatic heterocycles. The van der Waals surface area contributed by atoms with Crippen LogP contribution in [-0.2, 0) is 16.0 Å². The van der Waals surface area contributed by atoms with Crippen molar-refractivity contribution in [2.24, 2.45) is 5.92 Å². The van der Waals surface area contributed by atoms with Crippen LogP contribution >= 0.6 is 0 Å². The molecule has 1 aliphatic heterocycles. The highest BCUT2D eigenvalue weighted by atomic mass is 16.4. The summed E-state index contributed by atoms with van der Waals surface area (Å²) in [6.45, 7) is 4.88. The minimum Gasteiger partial charge on any atom is -0.481 e. The van der Waals surface area contributed by atoms with Gasteiger partial charge < -0.3 is 14.4 Å². The summed E-state index contributed by atoms with van der Waals surface area (Å²) in [5.41, 5.74) is 3.97. The standard InChI is InChI=1S/C17H19NO4/c1-10-5-14-13(9-22-15(14)6-11(10)2)7-16(19)18-4-3-12(8-18)17(20)21/h5-6,9,12H,3-4,7-8H2,1-2H3,(H,20,21). The van der Waals surface area contributed by atoms with Gasteiger partial charge in [0.25, 0.3) is 0 Å². The van der Waals surface area contributed by atoms with E-state index in [1.54, 1.807) is 11.2 Å². The van der Waals surface area contributed by atoms with Gasteiger partial charge in [-0.25, -0.2) is 0 Å². The third-order valence-corrected chi connectivity index (χ3v) is 4.50. The summed E-state index contributed by atoms with van der Waals surface area (Å²) in [7, 11) is 0. The van der Waals surface area contributed by atoms with E-state index in [0.717, 1.165) is 27.7 Å². The van der Waals surface area contributed by atoms with Crippen LogP contribution in [0, 0.1) is 19.8 Å². The maximum absolute atomic E-state index is 12.4. The van der Waals surface area contributed by atoms with Gasteiger partial charge >= 0.3 is 5.97 Å². The van der Waals surface area contributed by atoms with Crippen molar-refractivity contribution in [1.82, 2.24) is 4.90 Å². The van der Waals surface area contributed by atoms with E-state index in [9.17, 15) is 9.59 Å². The monoisotopic (exact) mass is 301 g/mol. The van der Waals surface area contributed by atoms with Crippen LogP contribution in [-0.4, -0.2) is 35.0 Å². The van der Waals surface area contributed by atoms with Gasteiger partial charge in [-0.1, -0.05) is 0 Å². The zero-order valence-corrected chi connectivity index (χ0v) is 12.8. The van der Waals surface area contributed by atoms with Gasteiger partial charge in [0, 0.05) is 24.0 Å². The average molecular weight is 301 g/mol. The van der Waals surface area contributed by atoms with E-state index in [2.05, 4.69) is 0 Å². The molecule has 22 heavy (non-hydrogen) atoms. The van der Waals surface area contributed by atoms with Crippen LogP contribution in [0.3, 0.4) is 0 Å². The number of carbonyl (C=O) groups excluding carboxylic acids is 1. The molecule has 1 saturated heterocycles. The molecule has 5 nitrogen and oxygen atoms in total. The zero-order valence-electron chi connectivity index (χ0n) is 12.8. The molecule has 5 heteroatoms. The molecule has 0 radical (unpaired) electrons. The summed E-state index contributed by atoms with van der Waals surface area (Å²) >= 11 is 0. The topological polar surface area (TPSA) is 70.8 Å². The van der Waals surface area contributed by atoms with Crippen LogP contribution in [0.2, 0.25) is 0 Å². The van der Waals surface area contributed by atoms with Crippen LogP contribution in [0.25, 0.3) is 11.0 Å². The Morgan fingerprint density at radius 1 is 1.32 bits per heavy atom. The summed E-state index contributed by atoms with van der Waals surface area (Å²) in [5, 5.41) is 9.98. The molecule has 1 atom stereocenters. The number of carbonyl (C=O) groups is 2. The molecule has 1 aromatic carbocycles. The second-order valence-electron chi connectivity index (χ2n) is 6.03. The van der Waals surface area contributed by atoms with Gasteiger partial charge in [0.05, 0.1) is 18.6 Å². The third kappa shape index (κ3) is 2.58. The van der Waals surface area contributed by atoms with Crippen molar-refractivity contribution < 1.29 is 19.1 Å². The molecule has 3 rings (SSSR count). The highest BCUT2D eigenvalue weighted by molar-refractivity contribution is 5.89. The Labute approximate surface area is 128 Å². The van der Waals surface area contributed by atoms with E-state index in [-0.39, 0.29) is 12.3 Å². The summed E-state index contributed by atoms with van der Waals surface area (Å²) in [6, 6.07) is 4.02. The Morgan fingerprint density at radius 3 is 2.73 bits per heavy atom. The minimum absolute atomic E-state index is 0.0373. The number of carboxylic acid groups (broad SMARTS) is 1. The first-order chi connectivity index (χ1) is 10.5. The number of aliphatic carboxylic acids is 1. The number of fused-ring (bicyclic) bond motifs is 1. The summed E-state index contributed by atoms with van der Waals surface area (Å²) in [5.74, 6) is -1.30. The van der Waals surface area contributed by atoms with Crippen molar-refractivity contribution in [3.63, 3.8) is 0 Å². The molecule has 0 saturated carbocycles. The minimum atomic E-state index is -0.824. The molecule has 1 fully saturated rings. The number of carboxylic acids is 1. The average Bonchev–Trinajstić information content (AvgIpc) is 3.08. The van der Waals surface area contributed by atoms with E-state index in [1.807, 2.05) is 26.0 Å². The SMILES string of the molecule is Cc1cc2occ(CC(=O)N3CCC(C(=O)O)C3)c2cc1C. The first-order valence-corrected chi connectivity index (χ1v) is 7.43. The lowest BCUT2D eigenvalue weighted by Gasteiger charge is -2.15. The molecule has 1 aliphatic rings. The fourth-order valence-electron chi connectivity index (χ4n) is 2.94. The maximum atomic E-state index is 12.4.